The van der Waals surface area contributed by atoms with Gasteiger partial charge in [0, 0.05) is 38.6 Å². The Bertz CT molecular complexity index is 1400. The Morgan fingerprint density at radius 1 is 1.11 bits per heavy atom. The number of aromatic amines is 1. The van der Waals surface area contributed by atoms with Gasteiger partial charge in [-0.25, -0.2) is 23.1 Å². The van der Waals surface area contributed by atoms with E-state index in [0.29, 0.717) is 49.0 Å². The third-order valence-corrected chi connectivity index (χ3v) is 7.45. The molecule has 10 nitrogen and oxygen atoms in total. The van der Waals surface area contributed by atoms with E-state index in [9.17, 15) is 28.4 Å². The van der Waals surface area contributed by atoms with Crippen LogP contribution in [0.25, 0.3) is 11.2 Å². The van der Waals surface area contributed by atoms with Crippen LogP contribution in [0.15, 0.2) is 41.3 Å². The number of nitrogens with one attached hydrogen (secondary N) is 2. The van der Waals surface area contributed by atoms with Crippen LogP contribution in [0.5, 0.6) is 0 Å². The number of likely N-dealkylation sites (tertiary alicyclic amines) is 2. The molecule has 3 aromatic rings. The molecule has 2 aromatic heterocycles. The Kier molecular flexibility index (Phi) is 6.57. The van der Waals surface area contributed by atoms with Crippen molar-refractivity contribution in [2.75, 3.05) is 26.7 Å². The Balaban J connectivity index is 1.23. The highest BCUT2D eigenvalue weighted by Crippen LogP contribution is 2.30. The summed E-state index contributed by atoms with van der Waals surface area (Å²) in [5.74, 6) is -2.49. The van der Waals surface area contributed by atoms with Crippen molar-refractivity contribution in [3.05, 3.63) is 69.4 Å². The lowest BCUT2D eigenvalue weighted by Crippen LogP contribution is -2.52. The van der Waals surface area contributed by atoms with E-state index >= 15 is 0 Å². The summed E-state index contributed by atoms with van der Waals surface area (Å²) >= 11 is 0. The summed E-state index contributed by atoms with van der Waals surface area (Å²) in [4.78, 5) is 44.1. The Hall–Kier alpha value is -3.96. The van der Waals surface area contributed by atoms with Gasteiger partial charge >= 0.3 is 17.4 Å². The highest BCUT2D eigenvalue weighted by atomic mass is 19.2. The zero-order chi connectivity index (χ0) is 26.3. The Morgan fingerprint density at radius 2 is 1.86 bits per heavy atom. The first kappa shape index (κ1) is 24.7. The average molecular weight is 515 g/mol. The molecular formula is C25H28F2N6O4. The maximum absolute atomic E-state index is 14.4. The third kappa shape index (κ3) is 4.63. The van der Waals surface area contributed by atoms with Gasteiger partial charge in [0.15, 0.2) is 11.6 Å². The molecule has 0 radical (unpaired) electrons. The molecule has 1 aromatic carbocycles. The molecule has 196 valence electrons. The van der Waals surface area contributed by atoms with Crippen molar-refractivity contribution >= 4 is 23.1 Å². The van der Waals surface area contributed by atoms with Gasteiger partial charge in [-0.05, 0) is 49.4 Å². The quantitative estimate of drug-likeness (QED) is 0.411. The summed E-state index contributed by atoms with van der Waals surface area (Å²) in [6, 6.07) is 5.98. The lowest BCUT2D eigenvalue weighted by Gasteiger charge is -2.33. The lowest BCUT2D eigenvalue weighted by molar-refractivity contribution is -0.579. The van der Waals surface area contributed by atoms with E-state index in [1.807, 2.05) is 0 Å². The zero-order valence-corrected chi connectivity index (χ0v) is 20.3. The van der Waals surface area contributed by atoms with Gasteiger partial charge in [0.25, 0.3) is 0 Å². The van der Waals surface area contributed by atoms with E-state index in [4.69, 9.17) is 0 Å². The van der Waals surface area contributed by atoms with Crippen molar-refractivity contribution in [2.24, 2.45) is 0 Å². The molecule has 12 heteroatoms. The van der Waals surface area contributed by atoms with E-state index in [1.54, 1.807) is 28.6 Å². The van der Waals surface area contributed by atoms with Crippen molar-refractivity contribution in [2.45, 2.75) is 43.7 Å². The molecule has 2 atom stereocenters. The smallest absolute Gasteiger partial charge is 0.414 e. The van der Waals surface area contributed by atoms with Gasteiger partial charge in [0.2, 0.25) is 5.91 Å². The van der Waals surface area contributed by atoms with Crippen molar-refractivity contribution < 1.29 is 23.1 Å². The fourth-order valence-electron chi connectivity index (χ4n) is 5.49. The average Bonchev–Trinajstić information content (AvgIpc) is 3.17. The first-order valence-corrected chi connectivity index (χ1v) is 12.3. The van der Waals surface area contributed by atoms with Gasteiger partial charge in [0.1, 0.15) is 11.6 Å². The maximum Gasteiger partial charge on any atom is 0.414 e. The number of likely N-dealkylation sites (N-methyl/N-ethyl adjacent to an activating group) is 1. The van der Waals surface area contributed by atoms with E-state index in [0.717, 1.165) is 6.07 Å². The number of rotatable bonds is 3. The molecule has 0 saturated carbocycles. The number of imidazole rings is 1. The first-order valence-electron chi connectivity index (χ1n) is 12.3. The second kappa shape index (κ2) is 9.83. The minimum atomic E-state index is -0.925. The van der Waals surface area contributed by atoms with Crippen LogP contribution in [-0.4, -0.2) is 64.0 Å². The van der Waals surface area contributed by atoms with Crippen LogP contribution < -0.4 is 15.7 Å². The number of piperidine rings is 1. The molecule has 2 aliphatic heterocycles. The number of aromatic nitrogens is 3. The summed E-state index contributed by atoms with van der Waals surface area (Å²) in [5, 5.41) is 14.8. The van der Waals surface area contributed by atoms with Gasteiger partial charge in [-0.3, -0.25) is 9.36 Å². The minimum absolute atomic E-state index is 0.180. The van der Waals surface area contributed by atoms with E-state index < -0.39 is 17.7 Å². The monoisotopic (exact) mass is 514 g/mol. The van der Waals surface area contributed by atoms with Gasteiger partial charge < -0.3 is 20.3 Å². The number of amides is 3. The highest BCUT2D eigenvalue weighted by Gasteiger charge is 2.34. The summed E-state index contributed by atoms with van der Waals surface area (Å²) in [6.45, 7) is 0.959. The molecule has 2 saturated heterocycles. The van der Waals surface area contributed by atoms with Gasteiger partial charge in [-0.15, -0.1) is 0 Å². The van der Waals surface area contributed by atoms with Crippen LogP contribution >= 0.6 is 0 Å². The van der Waals surface area contributed by atoms with E-state index in [1.165, 1.54) is 23.2 Å². The standard InChI is InChI=1S/C25H28F2N6O4/c1-30-14-15(17-4-2-5-18(26)21(17)27)7-8-19(23(30)34)28-24(35)31-12-9-16(10-13-31)33-20-6-3-11-32(37)22(20)29-25(33)36/h2-6,11,15-16,19H,7-10,12-14H2,1H3,(H,28,35)(H,29,36)/t15-,19-/m1/s1. The summed E-state index contributed by atoms with van der Waals surface area (Å²) in [5.41, 5.74) is 0.565. The van der Waals surface area contributed by atoms with Crippen molar-refractivity contribution in [3.63, 3.8) is 0 Å². The number of nitrogens with zero attached hydrogens (tertiary/aromatic N) is 4. The van der Waals surface area contributed by atoms with Gasteiger partial charge in [-0.1, -0.05) is 12.1 Å². The minimum Gasteiger partial charge on any atom is -0.711 e. The summed E-state index contributed by atoms with van der Waals surface area (Å²) in [6.07, 6.45) is 3.04. The van der Waals surface area contributed by atoms with Crippen LogP contribution in [0, 0.1) is 16.8 Å². The Labute approximate surface area is 211 Å². The fourth-order valence-corrected chi connectivity index (χ4v) is 5.49. The largest absolute Gasteiger partial charge is 0.711 e. The molecule has 0 spiro atoms. The van der Waals surface area contributed by atoms with Crippen molar-refractivity contribution in [1.29, 1.82) is 0 Å². The number of hydrogen-bond donors (Lipinski definition) is 2. The van der Waals surface area contributed by atoms with Crippen LogP contribution in [0.1, 0.15) is 43.2 Å². The molecule has 0 aliphatic carbocycles. The lowest BCUT2D eigenvalue weighted by atomic mass is 9.93. The fraction of sp³-hybridized carbons (Fsp3) is 0.440. The normalized spacial score (nSPS) is 21.3. The first-order chi connectivity index (χ1) is 17.7. The number of benzene rings is 1. The van der Waals surface area contributed by atoms with Crippen molar-refractivity contribution in [3.8, 4) is 0 Å². The Morgan fingerprint density at radius 3 is 2.62 bits per heavy atom. The molecule has 2 N–H and O–H groups in total. The number of carbonyl (C=O) groups excluding carboxylic acids is 2. The summed E-state index contributed by atoms with van der Waals surface area (Å²) < 4.78 is 30.3. The molecule has 5 rings (SSSR count). The number of hydrogen-bond acceptors (Lipinski definition) is 4. The van der Waals surface area contributed by atoms with Crippen LogP contribution in [-0.2, 0) is 4.79 Å². The SMILES string of the molecule is CN1C[C@H](c2cccc(F)c2F)CC[C@@H](NC(=O)N2CCC(n3c(=O)[nH]c4c3ccc[n+]4[O-])CC2)C1=O. The second-order valence-corrected chi connectivity index (χ2v) is 9.72. The number of urea groups is 1. The van der Waals surface area contributed by atoms with E-state index in [-0.39, 0.29) is 47.3 Å². The molecule has 2 fully saturated rings. The second-order valence-electron chi connectivity index (χ2n) is 9.72. The predicted molar refractivity (Wildman–Crippen MR) is 130 cm³/mol. The number of fused-ring (bicyclic) bond motifs is 1. The molecule has 3 amide bonds. The maximum atomic E-state index is 14.4. The molecule has 4 heterocycles. The van der Waals surface area contributed by atoms with Crippen LogP contribution in [0.4, 0.5) is 13.6 Å². The van der Waals surface area contributed by atoms with Crippen molar-refractivity contribution in [1.82, 2.24) is 24.7 Å². The molecule has 0 unspecified atom stereocenters. The molecular weight excluding hydrogens is 486 g/mol. The predicted octanol–water partition coefficient (Wildman–Crippen LogP) is 1.99. The highest BCUT2D eigenvalue weighted by molar-refractivity contribution is 5.87. The zero-order valence-electron chi connectivity index (χ0n) is 20.3. The number of carbonyl (C=O) groups is 2. The van der Waals surface area contributed by atoms with Crippen LogP contribution in [0.2, 0.25) is 0 Å². The number of halogens is 2. The molecule has 0 bridgehead atoms. The molecule has 2 aliphatic rings. The van der Waals surface area contributed by atoms with Gasteiger partial charge in [0.05, 0.1) is 6.20 Å². The number of pyridine rings is 1. The number of H-pyrrole nitrogens is 1. The summed E-state index contributed by atoms with van der Waals surface area (Å²) in [7, 11) is 1.59. The van der Waals surface area contributed by atoms with E-state index in [2.05, 4.69) is 10.3 Å². The molecule has 37 heavy (non-hydrogen) atoms. The van der Waals surface area contributed by atoms with Crippen LogP contribution in [0.3, 0.4) is 0 Å². The topological polar surface area (TPSA) is 117 Å². The van der Waals surface area contributed by atoms with Gasteiger partial charge in [-0.2, -0.15) is 4.98 Å². The third-order valence-electron chi connectivity index (χ3n) is 7.45.